The summed E-state index contributed by atoms with van der Waals surface area (Å²) in [5, 5.41) is 80.8. The molecule has 0 radical (unpaired) electrons. The van der Waals surface area contributed by atoms with Crippen molar-refractivity contribution in [2.24, 2.45) is 0 Å². The minimum atomic E-state index is -3.26. The number of rotatable bonds is 4. The molecule has 4 aromatic carbocycles. The van der Waals surface area contributed by atoms with Crippen LogP contribution in [-0.4, -0.2) is 198 Å². The first-order chi connectivity index (χ1) is 39.4. The summed E-state index contributed by atoms with van der Waals surface area (Å²) in [6, 6.07) is 0. The van der Waals surface area contributed by atoms with Crippen molar-refractivity contribution in [2.45, 2.75) is 0 Å². The standard InChI is InChI=1S/4C6BF5O2.8C3H9N/c4*8-2-1(7(13)14)3(9)5(11)6(12)4(2)10;8*1-4(2)3/h;;;;8*1-3H3/q4*-2;;;;;;;;/p+8. The van der Waals surface area contributed by atoms with Gasteiger partial charge in [0.15, 0.2) is 116 Å². The zero-order valence-corrected chi connectivity index (χ0v) is 53.1. The quantitative estimate of drug-likeness (QED) is 0.0424. The molecule has 0 amide bonds. The van der Waals surface area contributed by atoms with E-state index < -0.39 is 167 Å². The Labute approximate surface area is 502 Å². The van der Waals surface area contributed by atoms with Gasteiger partial charge < -0.3 is 79.4 Å². The molecule has 0 aliphatic rings. The Morgan fingerprint density at radius 2 is 0.193 bits per heavy atom. The third-order valence-electron chi connectivity index (χ3n) is 5.92. The molecule has 8 N–H and O–H groups in total. The molecule has 4 rings (SSSR count). The van der Waals surface area contributed by atoms with Crippen molar-refractivity contribution in [3.8, 4) is 0 Å². The van der Waals surface area contributed by atoms with Crippen LogP contribution in [-0.2, 0) is 0 Å². The largest absolute Gasteiger partial charge is 0.889 e. The average molecular weight is 1320 g/mol. The smallest absolute Gasteiger partial charge is 0.200 e. The summed E-state index contributed by atoms with van der Waals surface area (Å²) in [6.45, 7) is 0. The van der Waals surface area contributed by atoms with Crippen LogP contribution in [0.3, 0.4) is 0 Å². The Kier molecular flexibility index (Phi) is 57.3. The van der Waals surface area contributed by atoms with Gasteiger partial charge in [-0.1, -0.05) is 28.5 Å². The van der Waals surface area contributed by atoms with Gasteiger partial charge in [-0.25, -0.2) is 87.8 Å². The highest BCUT2D eigenvalue weighted by Crippen LogP contribution is 2.19. The molecule has 0 aliphatic heterocycles. The first-order valence-corrected chi connectivity index (χ1v) is 24.8. The number of hydrogen-bond acceptors (Lipinski definition) is 8. The fourth-order valence-corrected chi connectivity index (χ4v) is 3.32. The molecule has 0 saturated heterocycles. The Morgan fingerprint density at radius 3 is 0.239 bits per heavy atom. The van der Waals surface area contributed by atoms with E-state index in [0.29, 0.717) is 0 Å². The molecular weight excluding hydrogens is 1240 g/mol. The maximum Gasteiger partial charge on any atom is 0.200 e. The molecule has 0 atom stereocenters. The number of hydrogen-bond donors (Lipinski definition) is 8. The molecule has 0 heterocycles. The summed E-state index contributed by atoms with van der Waals surface area (Å²) in [6.07, 6.45) is 0. The summed E-state index contributed by atoms with van der Waals surface area (Å²) in [4.78, 5) is 11.3. The van der Waals surface area contributed by atoms with E-state index in [9.17, 15) is 128 Å². The number of nitrogens with one attached hydrogen (secondary N) is 8. The predicted molar refractivity (Wildman–Crippen MR) is 276 cm³/mol. The number of quaternary nitrogens is 8. The lowest BCUT2D eigenvalue weighted by Gasteiger charge is -2.27. The zero-order chi connectivity index (χ0) is 72.8. The van der Waals surface area contributed by atoms with E-state index in [-0.39, 0.29) is 0 Å². The maximum atomic E-state index is 12.5. The van der Waals surface area contributed by atoms with Gasteiger partial charge in [-0.3, -0.25) is 0 Å². The Hall–Kier alpha value is -4.90. The minimum Gasteiger partial charge on any atom is -0.889 e. The highest BCUT2D eigenvalue weighted by Gasteiger charge is 2.27. The summed E-state index contributed by atoms with van der Waals surface area (Å²) in [5.41, 5.74) is -7.55. The van der Waals surface area contributed by atoms with Gasteiger partial charge in [-0.2, -0.15) is 0 Å². The lowest BCUT2D eigenvalue weighted by Crippen LogP contribution is -3.02. The summed E-state index contributed by atoms with van der Waals surface area (Å²) >= 11 is 0. The highest BCUT2D eigenvalue weighted by molar-refractivity contribution is 6.56. The van der Waals surface area contributed by atoms with Crippen molar-refractivity contribution in [3.63, 3.8) is 0 Å². The second-order valence-corrected chi connectivity index (χ2v) is 21.3. The molecule has 0 saturated carbocycles. The van der Waals surface area contributed by atoms with Gasteiger partial charge in [-0.15, -0.1) is 0 Å². The lowest BCUT2D eigenvalue weighted by atomic mass is 9.79. The van der Waals surface area contributed by atoms with Crippen molar-refractivity contribution >= 4 is 50.3 Å². The van der Waals surface area contributed by atoms with Crippen molar-refractivity contribution in [1.82, 2.24) is 0 Å². The van der Waals surface area contributed by atoms with E-state index in [2.05, 4.69) is 169 Å². The molecule has 0 spiro atoms. The van der Waals surface area contributed by atoms with Crippen LogP contribution in [0, 0.1) is 116 Å². The number of benzene rings is 4. The van der Waals surface area contributed by atoms with E-state index in [1.165, 1.54) is 39.2 Å². The summed E-state index contributed by atoms with van der Waals surface area (Å²) in [5.74, 6) is -47.0. The zero-order valence-electron chi connectivity index (χ0n) is 53.1. The molecule has 0 unspecified atom stereocenters. The first kappa shape index (κ1) is 99.3. The van der Waals surface area contributed by atoms with Crippen molar-refractivity contribution in [1.29, 1.82) is 0 Å². The summed E-state index contributed by atoms with van der Waals surface area (Å²) < 4.78 is 248. The average Bonchev–Trinajstić information content (AvgIpc) is 3.33. The van der Waals surface area contributed by atoms with Crippen LogP contribution in [0.5, 0.6) is 0 Å². The van der Waals surface area contributed by atoms with Gasteiger partial charge >= 0.3 is 0 Å². The molecule has 0 aliphatic carbocycles. The second kappa shape index (κ2) is 50.8. The molecule has 16 nitrogen and oxygen atoms in total. The fraction of sp³-hybridized carbons (Fsp3) is 0.500. The Bertz CT molecular complexity index is 2070. The molecule has 40 heteroatoms. The van der Waals surface area contributed by atoms with E-state index in [4.69, 9.17) is 0 Å². The third-order valence-corrected chi connectivity index (χ3v) is 5.92. The Balaban J connectivity index is -0.000000139. The first-order valence-electron chi connectivity index (χ1n) is 24.8. The topological polar surface area (TPSA) is 220 Å². The molecule has 0 fully saturated rings. The molecular formula is C48H80B4F20N8O8. The van der Waals surface area contributed by atoms with Gasteiger partial charge in [0, 0.05) is 0 Å². The molecule has 0 bridgehead atoms. The maximum absolute atomic E-state index is 12.5. The SMILES string of the molecule is C[NH+](C)C.C[NH+](C)C.C[NH+](C)C.C[NH+](C)C.C[NH+](C)C.C[NH+](C)C.C[NH+](C)C.C[NH+](C)C.[O-]B([O-])c1c(F)c(F)c(F)c(F)c1F.[O-]B([O-])c1c(F)c(F)c(F)c(F)c1F.[O-]B([O-])c1c(F)c(F)c(F)c(F)c1F.[O-]B([O-])c1c(F)c(F)c(F)c(F)c1F. The van der Waals surface area contributed by atoms with Crippen LogP contribution < -0.4 is 101 Å². The van der Waals surface area contributed by atoms with Crippen LogP contribution >= 0.6 is 0 Å². The minimum absolute atomic E-state index is 1.42. The third kappa shape index (κ3) is 45.4. The molecule has 88 heavy (non-hydrogen) atoms. The van der Waals surface area contributed by atoms with Gasteiger partial charge in [0.1, 0.15) is 0 Å². The van der Waals surface area contributed by atoms with Crippen LogP contribution in [0.2, 0.25) is 0 Å². The fourth-order valence-electron chi connectivity index (χ4n) is 3.32. The van der Waals surface area contributed by atoms with Gasteiger partial charge in [0.2, 0.25) is 0 Å². The van der Waals surface area contributed by atoms with Crippen molar-refractivity contribution in [3.05, 3.63) is 116 Å². The van der Waals surface area contributed by atoms with E-state index >= 15 is 0 Å². The van der Waals surface area contributed by atoms with E-state index in [1.807, 2.05) is 0 Å². The predicted octanol–water partition coefficient (Wildman–Crippen LogP) is -14.7. The van der Waals surface area contributed by atoms with Crippen LogP contribution in [0.1, 0.15) is 0 Å². The van der Waals surface area contributed by atoms with E-state index in [1.54, 1.807) is 0 Å². The van der Waals surface area contributed by atoms with Crippen LogP contribution in [0.4, 0.5) is 87.8 Å². The monoisotopic (exact) mass is 1320 g/mol. The second-order valence-electron chi connectivity index (χ2n) is 21.3. The van der Waals surface area contributed by atoms with Gasteiger partial charge in [0.25, 0.3) is 0 Å². The van der Waals surface area contributed by atoms with Crippen LogP contribution in [0.25, 0.3) is 0 Å². The lowest BCUT2D eigenvalue weighted by molar-refractivity contribution is -0.836. The highest BCUT2D eigenvalue weighted by atomic mass is 19.2. The van der Waals surface area contributed by atoms with Gasteiger partial charge in [-0.05, 0) is 21.9 Å². The molecule has 4 aromatic rings. The number of halogens is 20. The van der Waals surface area contributed by atoms with Crippen LogP contribution in [0.15, 0.2) is 0 Å². The van der Waals surface area contributed by atoms with Crippen molar-refractivity contribution in [2.75, 3.05) is 169 Å². The van der Waals surface area contributed by atoms with E-state index in [0.717, 1.165) is 0 Å². The summed E-state index contributed by atoms with van der Waals surface area (Å²) in [7, 11) is 36.9. The molecule has 512 valence electrons. The Morgan fingerprint density at radius 1 is 0.148 bits per heavy atom. The van der Waals surface area contributed by atoms with Gasteiger partial charge in [0.05, 0.1) is 169 Å². The molecule has 0 aromatic heterocycles. The van der Waals surface area contributed by atoms with Crippen molar-refractivity contribution < 1.29 is 167 Å². The normalized spacial score (nSPS) is 9.95.